The van der Waals surface area contributed by atoms with E-state index in [1.807, 2.05) is 54.6 Å². The molecular weight excluding hydrogens is 262 g/mol. The summed E-state index contributed by atoms with van der Waals surface area (Å²) in [5, 5.41) is 13.7. The van der Waals surface area contributed by atoms with E-state index in [4.69, 9.17) is 4.74 Å². The van der Waals surface area contributed by atoms with Crippen LogP contribution in [0.5, 0.6) is 5.75 Å². The van der Waals surface area contributed by atoms with Gasteiger partial charge in [-0.2, -0.15) is 0 Å². The maximum Gasteiger partial charge on any atom is 0.125 e. The van der Waals surface area contributed by atoms with Gasteiger partial charge in [0.2, 0.25) is 0 Å². The Hall–Kier alpha value is -2.00. The quantitative estimate of drug-likeness (QED) is 0.905. The Morgan fingerprint density at radius 1 is 1.05 bits per heavy atom. The highest BCUT2D eigenvalue weighted by molar-refractivity contribution is 5.52. The largest absolute Gasteiger partial charge is 0.487 e. The molecule has 110 valence electrons. The molecule has 0 fully saturated rings. The maximum absolute atomic E-state index is 10.2. The van der Waals surface area contributed by atoms with E-state index in [-0.39, 0.29) is 12.2 Å². The summed E-state index contributed by atoms with van der Waals surface area (Å²) in [5.41, 5.74) is 1.15. The van der Waals surface area contributed by atoms with Crippen molar-refractivity contribution in [2.24, 2.45) is 0 Å². The van der Waals surface area contributed by atoms with E-state index in [0.29, 0.717) is 6.42 Å². The summed E-state index contributed by atoms with van der Waals surface area (Å²) < 4.78 is 6.06. The number of hydrogen-bond acceptors (Lipinski definition) is 3. The number of rotatable bonds is 3. The first-order valence-corrected chi connectivity index (χ1v) is 7.27. The summed E-state index contributed by atoms with van der Waals surface area (Å²) >= 11 is 0. The van der Waals surface area contributed by atoms with E-state index >= 15 is 0 Å². The first-order valence-electron chi connectivity index (χ1n) is 7.27. The SMILES string of the molecule is CC1(C)CC(CO)(Nc2ccccc2)c2ccccc2O1. The van der Waals surface area contributed by atoms with Crippen molar-refractivity contribution in [3.8, 4) is 5.75 Å². The highest BCUT2D eigenvalue weighted by Gasteiger charge is 2.44. The second-order valence-corrected chi connectivity index (χ2v) is 6.27. The van der Waals surface area contributed by atoms with Crippen LogP contribution in [0, 0.1) is 0 Å². The summed E-state index contributed by atoms with van der Waals surface area (Å²) in [6.07, 6.45) is 0.697. The molecule has 3 nitrogen and oxygen atoms in total. The lowest BCUT2D eigenvalue weighted by molar-refractivity contribution is 0.0322. The van der Waals surface area contributed by atoms with E-state index in [1.54, 1.807) is 0 Å². The monoisotopic (exact) mass is 283 g/mol. The number of ether oxygens (including phenoxy) is 1. The molecule has 0 aromatic heterocycles. The predicted molar refractivity (Wildman–Crippen MR) is 84.6 cm³/mol. The number of para-hydroxylation sites is 2. The summed E-state index contributed by atoms with van der Waals surface area (Å²) in [5.74, 6) is 0.839. The molecule has 0 saturated carbocycles. The molecule has 1 aliphatic rings. The Bertz CT molecular complexity index is 624. The third-order valence-corrected chi connectivity index (χ3v) is 3.94. The van der Waals surface area contributed by atoms with Gasteiger partial charge >= 0.3 is 0 Å². The van der Waals surface area contributed by atoms with Crippen LogP contribution in [0.25, 0.3) is 0 Å². The molecule has 1 atom stereocenters. The Kier molecular flexibility index (Phi) is 3.38. The molecular formula is C18H21NO2. The molecule has 0 aliphatic carbocycles. The number of nitrogens with one attached hydrogen (secondary N) is 1. The normalized spacial score (nSPS) is 23.0. The third kappa shape index (κ3) is 2.61. The molecule has 2 aromatic carbocycles. The van der Waals surface area contributed by atoms with Gasteiger partial charge in [-0.15, -0.1) is 0 Å². The van der Waals surface area contributed by atoms with Crippen molar-refractivity contribution < 1.29 is 9.84 Å². The van der Waals surface area contributed by atoms with Crippen LogP contribution in [-0.4, -0.2) is 17.3 Å². The second-order valence-electron chi connectivity index (χ2n) is 6.27. The zero-order valence-electron chi connectivity index (χ0n) is 12.5. The molecule has 1 unspecified atom stereocenters. The van der Waals surface area contributed by atoms with Gasteiger partial charge in [0.25, 0.3) is 0 Å². The van der Waals surface area contributed by atoms with E-state index in [0.717, 1.165) is 17.0 Å². The summed E-state index contributed by atoms with van der Waals surface area (Å²) in [7, 11) is 0. The Labute approximate surface area is 125 Å². The fourth-order valence-corrected chi connectivity index (χ4v) is 3.20. The van der Waals surface area contributed by atoms with Gasteiger partial charge in [0.05, 0.1) is 12.1 Å². The minimum Gasteiger partial charge on any atom is -0.487 e. The van der Waals surface area contributed by atoms with Gasteiger partial charge in [0, 0.05) is 17.7 Å². The molecule has 1 aliphatic heterocycles. The third-order valence-electron chi connectivity index (χ3n) is 3.94. The number of hydrogen-bond donors (Lipinski definition) is 2. The van der Waals surface area contributed by atoms with Crippen LogP contribution in [-0.2, 0) is 5.54 Å². The molecule has 0 radical (unpaired) electrons. The van der Waals surface area contributed by atoms with E-state index in [9.17, 15) is 5.11 Å². The lowest BCUT2D eigenvalue weighted by Gasteiger charge is -2.46. The van der Waals surface area contributed by atoms with Gasteiger partial charge in [0.1, 0.15) is 11.4 Å². The van der Waals surface area contributed by atoms with Gasteiger partial charge in [-0.25, -0.2) is 0 Å². The average molecular weight is 283 g/mol. The van der Waals surface area contributed by atoms with Crippen LogP contribution in [0.3, 0.4) is 0 Å². The van der Waals surface area contributed by atoms with E-state index < -0.39 is 5.54 Å². The highest BCUT2D eigenvalue weighted by atomic mass is 16.5. The van der Waals surface area contributed by atoms with Crippen molar-refractivity contribution in [3.05, 3.63) is 60.2 Å². The molecule has 0 spiro atoms. The van der Waals surface area contributed by atoms with Crippen molar-refractivity contribution >= 4 is 5.69 Å². The van der Waals surface area contributed by atoms with Gasteiger partial charge in [0.15, 0.2) is 0 Å². The second kappa shape index (κ2) is 5.08. The zero-order valence-corrected chi connectivity index (χ0v) is 12.5. The lowest BCUT2D eigenvalue weighted by Crippen LogP contribution is -2.50. The minimum atomic E-state index is -0.528. The van der Waals surface area contributed by atoms with Crippen molar-refractivity contribution in [2.75, 3.05) is 11.9 Å². The minimum absolute atomic E-state index is 0.0195. The molecule has 1 heterocycles. The fraction of sp³-hybridized carbons (Fsp3) is 0.333. The van der Waals surface area contributed by atoms with E-state index in [1.165, 1.54) is 0 Å². The van der Waals surface area contributed by atoms with Gasteiger partial charge < -0.3 is 15.2 Å². The van der Waals surface area contributed by atoms with Gasteiger partial charge in [-0.3, -0.25) is 0 Å². The highest BCUT2D eigenvalue weighted by Crippen LogP contribution is 2.44. The summed E-state index contributed by atoms with van der Waals surface area (Å²) in [6.45, 7) is 4.13. The number of anilines is 1. The topological polar surface area (TPSA) is 41.5 Å². The summed E-state index contributed by atoms with van der Waals surface area (Å²) in [4.78, 5) is 0. The molecule has 2 N–H and O–H groups in total. The molecule has 0 amide bonds. The van der Waals surface area contributed by atoms with Crippen LogP contribution in [0.1, 0.15) is 25.8 Å². The average Bonchev–Trinajstić information content (AvgIpc) is 2.47. The molecule has 3 rings (SSSR count). The Morgan fingerprint density at radius 3 is 2.43 bits per heavy atom. The fourth-order valence-electron chi connectivity index (χ4n) is 3.20. The maximum atomic E-state index is 10.2. The lowest BCUT2D eigenvalue weighted by atomic mass is 9.78. The first-order chi connectivity index (χ1) is 10.0. The number of aliphatic hydroxyl groups excluding tert-OH is 1. The summed E-state index contributed by atoms with van der Waals surface area (Å²) in [6, 6.07) is 17.9. The van der Waals surface area contributed by atoms with Crippen LogP contribution in [0.15, 0.2) is 54.6 Å². The molecule has 2 aromatic rings. The molecule has 3 heteroatoms. The smallest absolute Gasteiger partial charge is 0.125 e. The van der Waals surface area contributed by atoms with Crippen LogP contribution >= 0.6 is 0 Å². The Morgan fingerprint density at radius 2 is 1.71 bits per heavy atom. The predicted octanol–water partition coefficient (Wildman–Crippen LogP) is 3.55. The van der Waals surface area contributed by atoms with Crippen LogP contribution < -0.4 is 10.1 Å². The van der Waals surface area contributed by atoms with E-state index in [2.05, 4.69) is 19.2 Å². The van der Waals surface area contributed by atoms with Crippen molar-refractivity contribution in [1.82, 2.24) is 0 Å². The van der Waals surface area contributed by atoms with Crippen molar-refractivity contribution in [2.45, 2.75) is 31.4 Å². The van der Waals surface area contributed by atoms with Crippen molar-refractivity contribution in [1.29, 1.82) is 0 Å². The van der Waals surface area contributed by atoms with Crippen LogP contribution in [0.4, 0.5) is 5.69 Å². The zero-order chi connectivity index (χ0) is 14.9. The van der Waals surface area contributed by atoms with Crippen molar-refractivity contribution in [3.63, 3.8) is 0 Å². The number of aliphatic hydroxyl groups is 1. The van der Waals surface area contributed by atoms with Crippen LogP contribution in [0.2, 0.25) is 0 Å². The Balaban J connectivity index is 2.07. The molecule has 0 bridgehead atoms. The molecule has 0 saturated heterocycles. The first kappa shape index (κ1) is 14.0. The molecule has 21 heavy (non-hydrogen) atoms. The standard InChI is InChI=1S/C18H21NO2/c1-17(2)12-18(13-20,19-14-8-4-3-5-9-14)15-10-6-7-11-16(15)21-17/h3-11,19-20H,12-13H2,1-2H3. The number of fused-ring (bicyclic) bond motifs is 1. The van der Waals surface area contributed by atoms with Gasteiger partial charge in [-0.05, 0) is 32.0 Å². The van der Waals surface area contributed by atoms with Gasteiger partial charge in [-0.1, -0.05) is 36.4 Å². The number of benzene rings is 2.